The van der Waals surface area contributed by atoms with Crippen LogP contribution in [0.5, 0.6) is 0 Å². The summed E-state index contributed by atoms with van der Waals surface area (Å²) >= 11 is 0. The highest BCUT2D eigenvalue weighted by Crippen LogP contribution is 2.28. The predicted molar refractivity (Wildman–Crippen MR) is 64.2 cm³/mol. The Morgan fingerprint density at radius 1 is 1.28 bits per heavy atom. The average Bonchev–Trinajstić information content (AvgIpc) is 2.31. The van der Waals surface area contributed by atoms with Gasteiger partial charge in [-0.05, 0) is 12.1 Å². The van der Waals surface area contributed by atoms with Crippen LogP contribution in [0.2, 0.25) is 0 Å². The fraction of sp³-hybridized carbons (Fsp3) is 0.364. The Hall–Kier alpha value is -1.86. The monoisotopic (exact) mass is 258 g/mol. The molecule has 1 aromatic carbocycles. The summed E-state index contributed by atoms with van der Waals surface area (Å²) in [5.74, 6) is -2.17. The molecule has 0 aliphatic heterocycles. The van der Waals surface area contributed by atoms with Crippen molar-refractivity contribution in [2.75, 3.05) is 36.9 Å². The Morgan fingerprint density at radius 2 is 1.83 bits per heavy atom. The lowest BCUT2D eigenvalue weighted by atomic mass is 10.1. The summed E-state index contributed by atoms with van der Waals surface area (Å²) in [6, 6.07) is 2.32. The van der Waals surface area contributed by atoms with Gasteiger partial charge in [-0.2, -0.15) is 0 Å². The van der Waals surface area contributed by atoms with Crippen LogP contribution in [-0.4, -0.2) is 47.6 Å². The first-order valence-electron chi connectivity index (χ1n) is 5.30. The maximum atomic E-state index is 13.2. The van der Waals surface area contributed by atoms with Gasteiger partial charge in [-0.15, -0.1) is 0 Å². The van der Waals surface area contributed by atoms with Crippen LogP contribution >= 0.6 is 0 Å². The van der Waals surface area contributed by atoms with E-state index in [1.165, 1.54) is 11.0 Å². The van der Waals surface area contributed by atoms with Gasteiger partial charge in [0, 0.05) is 13.1 Å². The van der Waals surface area contributed by atoms with Crippen molar-refractivity contribution in [3.8, 4) is 0 Å². The zero-order valence-corrected chi connectivity index (χ0v) is 9.64. The molecule has 0 radical (unpaired) electrons. The second-order valence-electron chi connectivity index (χ2n) is 3.59. The lowest BCUT2D eigenvalue weighted by Gasteiger charge is -2.25. The summed E-state index contributed by atoms with van der Waals surface area (Å²) in [5.41, 5.74) is 4.76. The van der Waals surface area contributed by atoms with Crippen molar-refractivity contribution in [2.24, 2.45) is 0 Å². The molecule has 0 aliphatic carbocycles. The average molecular weight is 258 g/mol. The lowest BCUT2D eigenvalue weighted by Crippen LogP contribution is -2.31. The molecule has 1 rings (SSSR count). The van der Waals surface area contributed by atoms with E-state index >= 15 is 0 Å². The molecule has 18 heavy (non-hydrogen) atoms. The van der Waals surface area contributed by atoms with Crippen molar-refractivity contribution >= 4 is 17.3 Å². The van der Waals surface area contributed by atoms with E-state index in [-0.39, 0.29) is 37.6 Å². The van der Waals surface area contributed by atoms with E-state index in [2.05, 4.69) is 0 Å². The fourth-order valence-electron chi connectivity index (χ4n) is 1.67. The van der Waals surface area contributed by atoms with Gasteiger partial charge in [0.1, 0.15) is 11.4 Å². The number of nitrogen functional groups attached to an aromatic ring is 1. The van der Waals surface area contributed by atoms with Gasteiger partial charge < -0.3 is 26.0 Å². The number of nitrogens with zero attached hydrogens (tertiary/aromatic N) is 1. The number of carbonyl (C=O) groups is 1. The van der Waals surface area contributed by atoms with Crippen molar-refractivity contribution < 1.29 is 24.5 Å². The van der Waals surface area contributed by atoms with Crippen molar-refractivity contribution in [3.05, 3.63) is 23.5 Å². The lowest BCUT2D eigenvalue weighted by molar-refractivity contribution is 0.0698. The summed E-state index contributed by atoms with van der Waals surface area (Å²) < 4.78 is 13.2. The summed E-state index contributed by atoms with van der Waals surface area (Å²) in [4.78, 5) is 12.5. The molecule has 0 aliphatic rings. The predicted octanol–water partition coefficient (Wildman–Crippen LogP) is -0.103. The summed E-state index contributed by atoms with van der Waals surface area (Å²) in [6.07, 6.45) is 0. The Labute approximate surface area is 103 Å². The highest BCUT2D eigenvalue weighted by atomic mass is 19.1. The standard InChI is InChI=1S/C11H15FN2O4/c12-7-1-2-8(9(10(7)13)11(17)18)14(3-5-15)4-6-16/h1-2,15-16H,3-6,13H2,(H,17,18). The third-order valence-electron chi connectivity index (χ3n) is 2.46. The Kier molecular flexibility index (Phi) is 4.87. The molecule has 5 N–H and O–H groups in total. The number of hydrogen-bond donors (Lipinski definition) is 4. The van der Waals surface area contributed by atoms with E-state index in [1.54, 1.807) is 0 Å². The number of rotatable bonds is 6. The Morgan fingerprint density at radius 3 is 2.28 bits per heavy atom. The van der Waals surface area contributed by atoms with Gasteiger partial charge in [0.25, 0.3) is 0 Å². The number of nitrogens with two attached hydrogens (primary N) is 1. The number of carboxylic acids is 1. The summed E-state index contributed by atoms with van der Waals surface area (Å²) in [5, 5.41) is 26.9. The molecule has 0 amide bonds. The molecule has 0 spiro atoms. The van der Waals surface area contributed by atoms with Crippen molar-refractivity contribution in [1.29, 1.82) is 0 Å². The first kappa shape index (κ1) is 14.2. The van der Waals surface area contributed by atoms with E-state index in [4.69, 9.17) is 21.1 Å². The van der Waals surface area contributed by atoms with Gasteiger partial charge >= 0.3 is 5.97 Å². The third kappa shape index (κ3) is 2.88. The van der Waals surface area contributed by atoms with Gasteiger partial charge in [-0.3, -0.25) is 0 Å². The number of anilines is 2. The molecule has 0 bridgehead atoms. The SMILES string of the molecule is Nc1c(F)ccc(N(CCO)CCO)c1C(=O)O. The number of benzene rings is 1. The highest BCUT2D eigenvalue weighted by molar-refractivity contribution is 6.00. The first-order chi connectivity index (χ1) is 8.52. The van der Waals surface area contributed by atoms with Crippen LogP contribution in [-0.2, 0) is 0 Å². The topological polar surface area (TPSA) is 107 Å². The van der Waals surface area contributed by atoms with Gasteiger partial charge in [0.2, 0.25) is 0 Å². The van der Waals surface area contributed by atoms with Crippen LogP contribution in [0.3, 0.4) is 0 Å². The number of carboxylic acid groups (broad SMARTS) is 1. The number of aliphatic hydroxyl groups excluding tert-OH is 2. The number of aliphatic hydroxyl groups is 2. The molecule has 100 valence electrons. The molecule has 0 fully saturated rings. The summed E-state index contributed by atoms with van der Waals surface area (Å²) in [6.45, 7) is -0.218. The van der Waals surface area contributed by atoms with Crippen LogP contribution in [0, 0.1) is 5.82 Å². The van der Waals surface area contributed by atoms with Crippen molar-refractivity contribution in [3.63, 3.8) is 0 Å². The second kappa shape index (κ2) is 6.18. The Balaban J connectivity index is 3.28. The molecule has 0 saturated heterocycles. The molecular weight excluding hydrogens is 243 g/mol. The van der Waals surface area contributed by atoms with E-state index in [0.29, 0.717) is 0 Å². The largest absolute Gasteiger partial charge is 0.478 e. The van der Waals surface area contributed by atoms with Crippen molar-refractivity contribution in [1.82, 2.24) is 0 Å². The van der Waals surface area contributed by atoms with Crippen LogP contribution in [0.1, 0.15) is 10.4 Å². The fourth-order valence-corrected chi connectivity index (χ4v) is 1.67. The van der Waals surface area contributed by atoms with Gasteiger partial charge in [-0.25, -0.2) is 9.18 Å². The van der Waals surface area contributed by atoms with Crippen molar-refractivity contribution in [2.45, 2.75) is 0 Å². The second-order valence-corrected chi connectivity index (χ2v) is 3.59. The molecule has 1 aromatic rings. The van der Waals surface area contributed by atoms with Crippen LogP contribution in [0.25, 0.3) is 0 Å². The van der Waals surface area contributed by atoms with Gasteiger partial charge in [0.05, 0.1) is 24.6 Å². The number of aromatic carboxylic acids is 1. The molecule has 6 nitrogen and oxygen atoms in total. The zero-order valence-electron chi connectivity index (χ0n) is 9.64. The maximum Gasteiger partial charge on any atom is 0.340 e. The quantitative estimate of drug-likeness (QED) is 0.531. The minimum atomic E-state index is -1.36. The Bertz CT molecular complexity index is 433. The molecule has 0 saturated carbocycles. The zero-order chi connectivity index (χ0) is 13.7. The van der Waals surface area contributed by atoms with Crippen LogP contribution in [0.4, 0.5) is 15.8 Å². The number of halogens is 1. The molecular formula is C11H15FN2O4. The molecule has 0 aromatic heterocycles. The molecule has 0 unspecified atom stereocenters. The minimum Gasteiger partial charge on any atom is -0.478 e. The van der Waals surface area contributed by atoms with E-state index < -0.39 is 17.5 Å². The normalized spacial score (nSPS) is 10.4. The van der Waals surface area contributed by atoms with E-state index in [1.807, 2.05) is 0 Å². The maximum absolute atomic E-state index is 13.2. The van der Waals surface area contributed by atoms with Crippen LogP contribution in [0.15, 0.2) is 12.1 Å². The molecule has 0 atom stereocenters. The molecule has 7 heteroatoms. The minimum absolute atomic E-state index is 0.117. The van der Waals surface area contributed by atoms with Gasteiger partial charge in [0.15, 0.2) is 0 Å². The van der Waals surface area contributed by atoms with E-state index in [9.17, 15) is 9.18 Å². The smallest absolute Gasteiger partial charge is 0.340 e. The third-order valence-corrected chi connectivity index (χ3v) is 2.46. The van der Waals surface area contributed by atoms with E-state index in [0.717, 1.165) is 6.07 Å². The van der Waals surface area contributed by atoms with Gasteiger partial charge in [-0.1, -0.05) is 0 Å². The van der Waals surface area contributed by atoms with Crippen LogP contribution < -0.4 is 10.6 Å². The molecule has 0 heterocycles. The first-order valence-corrected chi connectivity index (χ1v) is 5.30. The summed E-state index contributed by atoms with van der Waals surface area (Å²) in [7, 11) is 0. The number of hydrogen-bond acceptors (Lipinski definition) is 5. The highest BCUT2D eigenvalue weighted by Gasteiger charge is 2.21.